The van der Waals surface area contributed by atoms with Gasteiger partial charge in [0.1, 0.15) is 6.61 Å². The monoisotopic (exact) mass is 243 g/mol. The zero-order valence-electron chi connectivity index (χ0n) is 8.72. The van der Waals surface area contributed by atoms with Gasteiger partial charge in [-0.1, -0.05) is 0 Å². The maximum absolute atomic E-state index is 11.7. The van der Waals surface area contributed by atoms with Crippen molar-refractivity contribution in [3.05, 3.63) is 0 Å². The number of carboxylic acid groups (broad SMARTS) is 1. The van der Waals surface area contributed by atoms with Crippen LogP contribution in [0.2, 0.25) is 0 Å². The van der Waals surface area contributed by atoms with Crippen molar-refractivity contribution in [2.45, 2.75) is 13.1 Å². The molecule has 0 saturated carbocycles. The third-order valence-corrected chi connectivity index (χ3v) is 1.86. The Morgan fingerprint density at radius 3 is 2.12 bits per heavy atom. The minimum absolute atomic E-state index is 0.846. The number of carboxylic acids is 1. The molecule has 1 atom stereocenters. The van der Waals surface area contributed by atoms with Crippen molar-refractivity contribution in [1.29, 1.82) is 0 Å². The van der Waals surface area contributed by atoms with Crippen molar-refractivity contribution in [2.75, 3.05) is 20.3 Å². The number of alkyl halides is 3. The Hall–Kier alpha value is -1.31. The van der Waals surface area contributed by atoms with Crippen LogP contribution in [-0.4, -0.2) is 43.4 Å². The number of carbonyl (C=O) groups is 2. The summed E-state index contributed by atoms with van der Waals surface area (Å²) in [5.41, 5.74) is -2.03. The van der Waals surface area contributed by atoms with Crippen LogP contribution in [0.15, 0.2) is 0 Å². The van der Waals surface area contributed by atoms with Crippen molar-refractivity contribution >= 4 is 11.9 Å². The van der Waals surface area contributed by atoms with E-state index >= 15 is 0 Å². The molecule has 1 amide bonds. The lowest BCUT2D eigenvalue weighted by atomic mass is 9.91. The van der Waals surface area contributed by atoms with Gasteiger partial charge in [-0.15, -0.1) is 0 Å². The van der Waals surface area contributed by atoms with Crippen LogP contribution in [0.4, 0.5) is 13.2 Å². The van der Waals surface area contributed by atoms with Crippen LogP contribution in [0.25, 0.3) is 0 Å². The molecule has 0 aromatic carbocycles. The smallest absolute Gasteiger partial charge is 0.411 e. The van der Waals surface area contributed by atoms with E-state index in [-0.39, 0.29) is 0 Å². The van der Waals surface area contributed by atoms with E-state index in [1.54, 1.807) is 0 Å². The Morgan fingerprint density at radius 1 is 1.31 bits per heavy atom. The molecule has 0 aliphatic carbocycles. The number of hydrogen-bond acceptors (Lipinski definition) is 3. The highest BCUT2D eigenvalue weighted by atomic mass is 19.4. The van der Waals surface area contributed by atoms with E-state index in [1.807, 2.05) is 0 Å². The molecule has 0 bridgehead atoms. The number of halogens is 3. The molecule has 0 rings (SSSR count). The molecule has 0 saturated heterocycles. The van der Waals surface area contributed by atoms with Gasteiger partial charge >= 0.3 is 12.1 Å². The fourth-order valence-electron chi connectivity index (χ4n) is 0.871. The van der Waals surface area contributed by atoms with E-state index in [1.165, 1.54) is 7.05 Å². The molecule has 1 unspecified atom stereocenters. The van der Waals surface area contributed by atoms with Gasteiger partial charge < -0.3 is 15.2 Å². The summed E-state index contributed by atoms with van der Waals surface area (Å²) in [4.78, 5) is 21.9. The third-order valence-electron chi connectivity index (χ3n) is 1.86. The molecule has 0 heterocycles. The first-order valence-electron chi connectivity index (χ1n) is 4.23. The zero-order chi connectivity index (χ0) is 13.0. The minimum atomic E-state index is -4.55. The maximum atomic E-state index is 11.7. The van der Waals surface area contributed by atoms with Crippen LogP contribution >= 0.6 is 0 Å². The largest absolute Gasteiger partial charge is 0.480 e. The fourth-order valence-corrected chi connectivity index (χ4v) is 0.871. The molecule has 0 fully saturated rings. The van der Waals surface area contributed by atoms with Gasteiger partial charge in [0.05, 0.1) is 6.61 Å². The predicted octanol–water partition coefficient (Wildman–Crippen LogP) is 0.402. The lowest BCUT2D eigenvalue weighted by Crippen LogP contribution is -2.46. The molecule has 0 aliphatic rings. The normalized spacial score (nSPS) is 15.3. The SMILES string of the molecule is CNC(=O)C(C)(COCC(F)(F)F)C(=O)O. The van der Waals surface area contributed by atoms with E-state index in [9.17, 15) is 22.8 Å². The third kappa shape index (κ3) is 4.05. The average Bonchev–Trinajstić information content (AvgIpc) is 2.13. The standard InChI is InChI=1S/C8H12F3NO4/c1-7(6(14)15,5(13)12-2)3-16-4-8(9,10)11/h3-4H2,1-2H3,(H,12,13)(H,14,15). The van der Waals surface area contributed by atoms with E-state index in [0.29, 0.717) is 0 Å². The van der Waals surface area contributed by atoms with Gasteiger partial charge in [-0.25, -0.2) is 0 Å². The van der Waals surface area contributed by atoms with E-state index in [4.69, 9.17) is 5.11 Å². The van der Waals surface area contributed by atoms with Gasteiger partial charge in [0, 0.05) is 7.05 Å². The van der Waals surface area contributed by atoms with Crippen molar-refractivity contribution < 1.29 is 32.6 Å². The first-order valence-corrected chi connectivity index (χ1v) is 4.23. The highest BCUT2D eigenvalue weighted by molar-refractivity contribution is 6.01. The highest BCUT2D eigenvalue weighted by Gasteiger charge is 2.42. The molecule has 5 nitrogen and oxygen atoms in total. The Kier molecular flexibility index (Phi) is 4.73. The lowest BCUT2D eigenvalue weighted by Gasteiger charge is -2.22. The van der Waals surface area contributed by atoms with Crippen LogP contribution in [0.5, 0.6) is 0 Å². The lowest BCUT2D eigenvalue weighted by molar-refractivity contribution is -0.187. The topological polar surface area (TPSA) is 75.6 Å². The second-order valence-corrected chi connectivity index (χ2v) is 3.32. The molecule has 0 aromatic rings. The predicted molar refractivity (Wildman–Crippen MR) is 46.7 cm³/mol. The van der Waals surface area contributed by atoms with Crippen molar-refractivity contribution in [3.8, 4) is 0 Å². The first kappa shape index (κ1) is 14.7. The molecule has 0 aliphatic heterocycles. The summed E-state index contributed by atoms with van der Waals surface area (Å²) < 4.78 is 39.4. The maximum Gasteiger partial charge on any atom is 0.411 e. The summed E-state index contributed by atoms with van der Waals surface area (Å²) in [6.45, 7) is -1.45. The van der Waals surface area contributed by atoms with Crippen LogP contribution in [0, 0.1) is 5.41 Å². The number of rotatable bonds is 5. The Balaban J connectivity index is 4.48. The second kappa shape index (κ2) is 5.15. The molecule has 8 heteroatoms. The molecule has 0 spiro atoms. The summed E-state index contributed by atoms with van der Waals surface area (Å²) in [6.07, 6.45) is -4.55. The van der Waals surface area contributed by atoms with Crippen LogP contribution < -0.4 is 5.32 Å². The van der Waals surface area contributed by atoms with Gasteiger partial charge in [0.25, 0.3) is 0 Å². The molecule has 0 radical (unpaired) electrons. The number of ether oxygens (including phenoxy) is 1. The minimum Gasteiger partial charge on any atom is -0.480 e. The molecule has 2 N–H and O–H groups in total. The van der Waals surface area contributed by atoms with Crippen LogP contribution in [0.1, 0.15) is 6.92 Å². The van der Waals surface area contributed by atoms with Crippen LogP contribution in [-0.2, 0) is 14.3 Å². The van der Waals surface area contributed by atoms with Crippen molar-refractivity contribution in [1.82, 2.24) is 5.32 Å². The summed E-state index contributed by atoms with van der Waals surface area (Å²) in [6, 6.07) is 0. The molecular weight excluding hydrogens is 231 g/mol. The summed E-state index contributed by atoms with van der Waals surface area (Å²) >= 11 is 0. The van der Waals surface area contributed by atoms with Crippen molar-refractivity contribution in [3.63, 3.8) is 0 Å². The zero-order valence-corrected chi connectivity index (χ0v) is 8.72. The number of carbonyl (C=O) groups excluding carboxylic acids is 1. The Labute approximate surface area is 89.6 Å². The van der Waals surface area contributed by atoms with Gasteiger partial charge in [-0.3, -0.25) is 9.59 Å². The van der Waals surface area contributed by atoms with Gasteiger partial charge in [0.2, 0.25) is 5.91 Å². The molecule has 94 valence electrons. The summed E-state index contributed by atoms with van der Waals surface area (Å²) in [5.74, 6) is -2.46. The van der Waals surface area contributed by atoms with E-state index in [0.717, 1.165) is 6.92 Å². The van der Waals surface area contributed by atoms with E-state index in [2.05, 4.69) is 10.1 Å². The average molecular weight is 243 g/mol. The fraction of sp³-hybridized carbons (Fsp3) is 0.750. The second-order valence-electron chi connectivity index (χ2n) is 3.32. The van der Waals surface area contributed by atoms with Crippen LogP contribution in [0.3, 0.4) is 0 Å². The number of hydrogen-bond donors (Lipinski definition) is 2. The summed E-state index contributed by atoms with van der Waals surface area (Å²) in [7, 11) is 1.19. The van der Waals surface area contributed by atoms with Gasteiger partial charge in [-0.2, -0.15) is 13.2 Å². The molecule has 0 aromatic heterocycles. The number of nitrogens with one attached hydrogen (secondary N) is 1. The van der Waals surface area contributed by atoms with Gasteiger partial charge in [-0.05, 0) is 6.92 Å². The summed E-state index contributed by atoms with van der Waals surface area (Å²) in [5, 5.41) is 10.8. The Morgan fingerprint density at radius 2 is 1.81 bits per heavy atom. The van der Waals surface area contributed by atoms with E-state index < -0.39 is 36.7 Å². The number of aliphatic carboxylic acids is 1. The van der Waals surface area contributed by atoms with Crippen molar-refractivity contribution in [2.24, 2.45) is 5.41 Å². The Bertz CT molecular complexity index is 279. The molecular formula is C8H12F3NO4. The highest BCUT2D eigenvalue weighted by Crippen LogP contribution is 2.20. The molecule has 16 heavy (non-hydrogen) atoms. The first-order chi connectivity index (χ1) is 7.13. The quantitative estimate of drug-likeness (QED) is 0.685. The van der Waals surface area contributed by atoms with Gasteiger partial charge in [0.15, 0.2) is 5.41 Å². The number of amides is 1.